The average Bonchev–Trinajstić information content (AvgIpc) is 2.70. The highest BCUT2D eigenvalue weighted by atomic mass is 19.4. The second kappa shape index (κ2) is 8.22. The molecular weight excluding hydrogens is 371 g/mol. The Morgan fingerprint density at radius 3 is 2.71 bits per heavy atom. The molecule has 0 fully saturated rings. The molecule has 1 unspecified atom stereocenters. The van der Waals surface area contributed by atoms with Gasteiger partial charge in [0.1, 0.15) is 11.9 Å². The zero-order valence-corrected chi connectivity index (χ0v) is 15.8. The average molecular weight is 393 g/mol. The molecule has 0 bridgehead atoms. The molecule has 1 atom stereocenters. The number of aryl methyl sites for hydroxylation is 1. The smallest absolute Gasteiger partial charge is 0.416 e. The van der Waals surface area contributed by atoms with Gasteiger partial charge in [-0.2, -0.15) is 13.2 Å². The SMILES string of the molecule is COc1cccc(COC(C)C(=O)N2CCCc3cc(C(F)(F)F)ccc32)c1. The minimum absolute atomic E-state index is 0.234. The van der Waals surface area contributed by atoms with E-state index < -0.39 is 17.8 Å². The number of carbonyl (C=O) groups is 1. The molecule has 1 aliphatic heterocycles. The Balaban J connectivity index is 1.70. The Morgan fingerprint density at radius 1 is 1.21 bits per heavy atom. The Labute approximate surface area is 161 Å². The summed E-state index contributed by atoms with van der Waals surface area (Å²) in [6.45, 7) is 2.35. The van der Waals surface area contributed by atoms with E-state index in [1.807, 2.05) is 24.3 Å². The van der Waals surface area contributed by atoms with Gasteiger partial charge in [0.05, 0.1) is 19.3 Å². The van der Waals surface area contributed by atoms with Gasteiger partial charge in [-0.05, 0) is 61.2 Å². The minimum Gasteiger partial charge on any atom is -0.497 e. The number of fused-ring (bicyclic) bond motifs is 1. The van der Waals surface area contributed by atoms with Crippen molar-refractivity contribution in [2.45, 2.75) is 38.7 Å². The third kappa shape index (κ3) is 4.47. The number of hydrogen-bond donors (Lipinski definition) is 0. The van der Waals surface area contributed by atoms with E-state index in [1.165, 1.54) is 11.0 Å². The zero-order chi connectivity index (χ0) is 20.3. The third-order valence-electron chi connectivity index (χ3n) is 4.77. The highest BCUT2D eigenvalue weighted by Crippen LogP contribution is 2.35. The molecular formula is C21H22F3NO3. The molecule has 2 aromatic carbocycles. The predicted octanol–water partition coefficient (Wildman–Crippen LogP) is 4.60. The van der Waals surface area contributed by atoms with Crippen LogP contribution in [0.5, 0.6) is 5.75 Å². The summed E-state index contributed by atoms with van der Waals surface area (Å²) in [5.74, 6) is 0.439. The van der Waals surface area contributed by atoms with Crippen molar-refractivity contribution in [1.29, 1.82) is 0 Å². The molecule has 3 rings (SSSR count). The number of nitrogens with zero attached hydrogens (tertiary/aromatic N) is 1. The van der Waals surface area contributed by atoms with Crippen LogP contribution in [-0.2, 0) is 28.7 Å². The van der Waals surface area contributed by atoms with E-state index in [-0.39, 0.29) is 12.5 Å². The van der Waals surface area contributed by atoms with Gasteiger partial charge in [-0.1, -0.05) is 12.1 Å². The van der Waals surface area contributed by atoms with Crippen LogP contribution in [0.2, 0.25) is 0 Å². The summed E-state index contributed by atoms with van der Waals surface area (Å²) < 4.78 is 49.7. The van der Waals surface area contributed by atoms with E-state index >= 15 is 0 Å². The quantitative estimate of drug-likeness (QED) is 0.745. The number of benzene rings is 2. The van der Waals surface area contributed by atoms with Crippen LogP contribution in [0.25, 0.3) is 0 Å². The number of hydrogen-bond acceptors (Lipinski definition) is 3. The second-order valence-corrected chi connectivity index (χ2v) is 6.74. The van der Waals surface area contributed by atoms with E-state index in [0.29, 0.717) is 36.4 Å². The lowest BCUT2D eigenvalue weighted by Gasteiger charge is -2.32. The Bertz CT molecular complexity index is 851. The summed E-state index contributed by atoms with van der Waals surface area (Å²) in [6.07, 6.45) is -3.99. The van der Waals surface area contributed by atoms with Gasteiger partial charge in [0, 0.05) is 12.2 Å². The molecule has 28 heavy (non-hydrogen) atoms. The Morgan fingerprint density at radius 2 is 2.00 bits per heavy atom. The Kier molecular flexibility index (Phi) is 5.93. The van der Waals surface area contributed by atoms with E-state index in [0.717, 1.165) is 17.7 Å². The van der Waals surface area contributed by atoms with Crippen molar-refractivity contribution in [3.8, 4) is 5.75 Å². The number of anilines is 1. The monoisotopic (exact) mass is 393 g/mol. The molecule has 0 aromatic heterocycles. The molecule has 0 aliphatic carbocycles. The van der Waals surface area contributed by atoms with Gasteiger partial charge < -0.3 is 14.4 Å². The van der Waals surface area contributed by atoms with Gasteiger partial charge in [0.25, 0.3) is 5.91 Å². The molecule has 0 spiro atoms. The van der Waals surface area contributed by atoms with Crippen LogP contribution in [-0.4, -0.2) is 25.7 Å². The van der Waals surface area contributed by atoms with Crippen LogP contribution < -0.4 is 9.64 Å². The zero-order valence-electron chi connectivity index (χ0n) is 15.8. The first kappa shape index (κ1) is 20.2. The lowest BCUT2D eigenvalue weighted by Crippen LogP contribution is -2.42. The van der Waals surface area contributed by atoms with Crippen molar-refractivity contribution in [3.63, 3.8) is 0 Å². The standard InChI is InChI=1S/C21H22F3NO3/c1-14(28-13-15-5-3-7-18(11-15)27-2)20(26)25-10-4-6-16-12-17(21(22,23)24)8-9-19(16)25/h3,5,7-9,11-12,14H,4,6,10,13H2,1-2H3. The van der Waals surface area contributed by atoms with Crippen molar-refractivity contribution in [1.82, 2.24) is 0 Å². The minimum atomic E-state index is -4.39. The fourth-order valence-corrected chi connectivity index (χ4v) is 3.28. The van der Waals surface area contributed by atoms with E-state index in [4.69, 9.17) is 9.47 Å². The molecule has 2 aromatic rings. The first-order valence-corrected chi connectivity index (χ1v) is 9.05. The van der Waals surface area contributed by atoms with Gasteiger partial charge >= 0.3 is 6.18 Å². The van der Waals surface area contributed by atoms with Crippen molar-refractivity contribution in [2.24, 2.45) is 0 Å². The number of rotatable bonds is 5. The van der Waals surface area contributed by atoms with Crippen LogP contribution in [0.3, 0.4) is 0 Å². The summed E-state index contributed by atoms with van der Waals surface area (Å²) >= 11 is 0. The van der Waals surface area contributed by atoms with Crippen LogP contribution in [0.4, 0.5) is 18.9 Å². The first-order chi connectivity index (χ1) is 13.3. The lowest BCUT2D eigenvalue weighted by molar-refractivity contribution is -0.137. The molecule has 7 heteroatoms. The molecule has 0 saturated carbocycles. The van der Waals surface area contributed by atoms with Crippen molar-refractivity contribution in [3.05, 3.63) is 59.2 Å². The van der Waals surface area contributed by atoms with Gasteiger partial charge in [-0.15, -0.1) is 0 Å². The topological polar surface area (TPSA) is 38.8 Å². The highest BCUT2D eigenvalue weighted by molar-refractivity contribution is 5.97. The largest absolute Gasteiger partial charge is 0.497 e. The summed E-state index contributed by atoms with van der Waals surface area (Å²) in [4.78, 5) is 14.4. The summed E-state index contributed by atoms with van der Waals surface area (Å²) in [6, 6.07) is 10.9. The van der Waals surface area contributed by atoms with Crippen molar-refractivity contribution < 1.29 is 27.4 Å². The summed E-state index contributed by atoms with van der Waals surface area (Å²) in [5.41, 5.74) is 1.24. The number of halogens is 3. The van der Waals surface area contributed by atoms with Crippen LogP contribution >= 0.6 is 0 Å². The van der Waals surface area contributed by atoms with Gasteiger partial charge in [-0.3, -0.25) is 4.79 Å². The van der Waals surface area contributed by atoms with Crippen molar-refractivity contribution in [2.75, 3.05) is 18.6 Å². The molecule has 1 heterocycles. The second-order valence-electron chi connectivity index (χ2n) is 6.74. The maximum absolute atomic E-state index is 12.9. The number of alkyl halides is 3. The van der Waals surface area contributed by atoms with Crippen LogP contribution in [0.15, 0.2) is 42.5 Å². The molecule has 1 amide bonds. The molecule has 4 nitrogen and oxygen atoms in total. The Hall–Kier alpha value is -2.54. The van der Waals surface area contributed by atoms with Gasteiger partial charge in [-0.25, -0.2) is 0 Å². The van der Waals surface area contributed by atoms with E-state index in [9.17, 15) is 18.0 Å². The maximum Gasteiger partial charge on any atom is 0.416 e. The summed E-state index contributed by atoms with van der Waals surface area (Å²) in [7, 11) is 1.57. The summed E-state index contributed by atoms with van der Waals surface area (Å²) in [5, 5.41) is 0. The third-order valence-corrected chi connectivity index (χ3v) is 4.77. The number of methoxy groups -OCH3 is 1. The fourth-order valence-electron chi connectivity index (χ4n) is 3.28. The predicted molar refractivity (Wildman–Crippen MR) is 99.4 cm³/mol. The molecule has 150 valence electrons. The normalized spacial score (nSPS) is 15.1. The number of ether oxygens (including phenoxy) is 2. The van der Waals surface area contributed by atoms with Gasteiger partial charge in [0.15, 0.2) is 0 Å². The lowest BCUT2D eigenvalue weighted by atomic mass is 9.98. The van der Waals surface area contributed by atoms with E-state index in [1.54, 1.807) is 14.0 Å². The van der Waals surface area contributed by atoms with E-state index in [2.05, 4.69) is 0 Å². The molecule has 0 saturated heterocycles. The van der Waals surface area contributed by atoms with Crippen molar-refractivity contribution >= 4 is 11.6 Å². The molecule has 0 radical (unpaired) electrons. The van der Waals surface area contributed by atoms with Gasteiger partial charge in [0.2, 0.25) is 0 Å². The molecule has 1 aliphatic rings. The maximum atomic E-state index is 12.9. The number of carbonyl (C=O) groups excluding carboxylic acids is 1. The van der Waals surface area contributed by atoms with Crippen LogP contribution in [0.1, 0.15) is 30.0 Å². The molecule has 0 N–H and O–H groups in total. The number of amides is 1. The van der Waals surface area contributed by atoms with Crippen LogP contribution in [0, 0.1) is 0 Å². The first-order valence-electron chi connectivity index (χ1n) is 9.05. The fraction of sp³-hybridized carbons (Fsp3) is 0.381. The highest BCUT2D eigenvalue weighted by Gasteiger charge is 2.33.